The lowest BCUT2D eigenvalue weighted by Gasteiger charge is -2.25. The predicted octanol–water partition coefficient (Wildman–Crippen LogP) is 3.80. The maximum absolute atomic E-state index is 13.3. The zero-order valence-corrected chi connectivity index (χ0v) is 16.3. The number of H-pyrrole nitrogens is 1. The third-order valence-electron chi connectivity index (χ3n) is 5.27. The molecule has 1 saturated heterocycles. The van der Waals surface area contributed by atoms with Crippen molar-refractivity contribution < 1.29 is 13.9 Å². The molecule has 1 fully saturated rings. The summed E-state index contributed by atoms with van der Waals surface area (Å²) in [6.07, 6.45) is 1.78. The number of carbonyl (C=O) groups excluding carboxylic acids is 1. The SMILES string of the molecule is Cc1ccc2cc(CN(CC3CCCO3)C(=O)c3ccc(F)cc3)c(=O)[nH]c2c1. The van der Waals surface area contributed by atoms with Crippen molar-refractivity contribution in [2.45, 2.75) is 32.4 Å². The summed E-state index contributed by atoms with van der Waals surface area (Å²) in [5.74, 6) is -0.641. The number of halogens is 1. The van der Waals surface area contributed by atoms with Gasteiger partial charge in [0.15, 0.2) is 0 Å². The number of aryl methyl sites for hydroxylation is 1. The van der Waals surface area contributed by atoms with Crippen molar-refractivity contribution in [2.75, 3.05) is 13.2 Å². The van der Waals surface area contributed by atoms with E-state index in [1.54, 1.807) is 4.90 Å². The Bertz CT molecular complexity index is 1090. The topological polar surface area (TPSA) is 62.4 Å². The van der Waals surface area contributed by atoms with Crippen LogP contribution in [-0.2, 0) is 11.3 Å². The van der Waals surface area contributed by atoms with Gasteiger partial charge in [-0.3, -0.25) is 9.59 Å². The second kappa shape index (κ2) is 8.17. The number of aromatic nitrogens is 1. The molecule has 6 heteroatoms. The van der Waals surface area contributed by atoms with Crippen LogP contribution >= 0.6 is 0 Å². The van der Waals surface area contributed by atoms with Gasteiger partial charge in [-0.05, 0) is 67.1 Å². The highest BCUT2D eigenvalue weighted by atomic mass is 19.1. The molecule has 0 saturated carbocycles. The van der Waals surface area contributed by atoms with E-state index in [1.165, 1.54) is 24.3 Å². The Hall–Kier alpha value is -2.99. The Morgan fingerprint density at radius 2 is 2.00 bits per heavy atom. The van der Waals surface area contributed by atoms with E-state index in [4.69, 9.17) is 4.74 Å². The molecule has 0 radical (unpaired) electrons. The van der Waals surface area contributed by atoms with Gasteiger partial charge in [0.05, 0.1) is 12.6 Å². The first-order chi connectivity index (χ1) is 14.0. The Labute approximate surface area is 168 Å². The van der Waals surface area contributed by atoms with E-state index < -0.39 is 5.82 Å². The molecule has 2 heterocycles. The molecule has 4 rings (SSSR count). The third-order valence-corrected chi connectivity index (χ3v) is 5.27. The molecule has 2 aromatic carbocycles. The lowest BCUT2D eigenvalue weighted by molar-refractivity contribution is 0.0506. The third kappa shape index (κ3) is 4.38. The van der Waals surface area contributed by atoms with Gasteiger partial charge >= 0.3 is 0 Å². The van der Waals surface area contributed by atoms with Gasteiger partial charge in [0.25, 0.3) is 11.5 Å². The van der Waals surface area contributed by atoms with E-state index in [2.05, 4.69) is 4.98 Å². The minimum Gasteiger partial charge on any atom is -0.376 e. The first-order valence-corrected chi connectivity index (χ1v) is 9.78. The van der Waals surface area contributed by atoms with E-state index in [0.29, 0.717) is 24.3 Å². The Morgan fingerprint density at radius 3 is 2.72 bits per heavy atom. The molecule has 3 aromatic rings. The maximum atomic E-state index is 13.3. The number of hydrogen-bond donors (Lipinski definition) is 1. The van der Waals surface area contributed by atoms with E-state index in [-0.39, 0.29) is 24.1 Å². The summed E-state index contributed by atoms with van der Waals surface area (Å²) in [5, 5.41) is 0.913. The molecule has 1 aromatic heterocycles. The van der Waals surface area contributed by atoms with Crippen LogP contribution in [0.2, 0.25) is 0 Å². The number of amides is 1. The first kappa shape index (κ1) is 19.3. The van der Waals surface area contributed by atoms with Crippen LogP contribution in [0, 0.1) is 12.7 Å². The molecule has 29 heavy (non-hydrogen) atoms. The number of aromatic amines is 1. The molecular formula is C23H23FN2O3. The number of nitrogens with one attached hydrogen (secondary N) is 1. The molecule has 0 aliphatic carbocycles. The molecule has 1 amide bonds. The molecule has 150 valence electrons. The number of hydrogen-bond acceptors (Lipinski definition) is 3. The van der Waals surface area contributed by atoms with Gasteiger partial charge in [-0.25, -0.2) is 4.39 Å². The zero-order chi connectivity index (χ0) is 20.4. The summed E-state index contributed by atoms with van der Waals surface area (Å²) in [7, 11) is 0. The first-order valence-electron chi connectivity index (χ1n) is 9.78. The van der Waals surface area contributed by atoms with Crippen molar-refractivity contribution >= 4 is 16.8 Å². The number of fused-ring (bicyclic) bond motifs is 1. The second-order valence-electron chi connectivity index (χ2n) is 7.54. The summed E-state index contributed by atoms with van der Waals surface area (Å²) in [6, 6.07) is 13.2. The van der Waals surface area contributed by atoms with Gasteiger partial charge < -0.3 is 14.6 Å². The smallest absolute Gasteiger partial charge is 0.254 e. The average Bonchev–Trinajstić information content (AvgIpc) is 3.21. The van der Waals surface area contributed by atoms with Gasteiger partial charge in [-0.15, -0.1) is 0 Å². The molecule has 1 aliphatic rings. The molecule has 0 spiro atoms. The van der Waals surface area contributed by atoms with Crippen LogP contribution in [0.25, 0.3) is 10.9 Å². The van der Waals surface area contributed by atoms with Crippen molar-refractivity contribution in [2.24, 2.45) is 0 Å². The summed E-state index contributed by atoms with van der Waals surface area (Å²) < 4.78 is 19.0. The van der Waals surface area contributed by atoms with Gasteiger partial charge in [0.2, 0.25) is 0 Å². The van der Waals surface area contributed by atoms with Crippen molar-refractivity contribution in [3.63, 3.8) is 0 Å². The Kier molecular flexibility index (Phi) is 5.45. The molecule has 5 nitrogen and oxygen atoms in total. The molecule has 1 unspecified atom stereocenters. The van der Waals surface area contributed by atoms with Gasteiger partial charge in [-0.2, -0.15) is 0 Å². The van der Waals surface area contributed by atoms with Crippen LogP contribution in [-0.4, -0.2) is 35.0 Å². The van der Waals surface area contributed by atoms with Crippen LogP contribution in [0.15, 0.2) is 53.3 Å². The standard InChI is InChI=1S/C23H23FN2O3/c1-15-4-5-17-12-18(22(27)25-21(17)11-15)13-26(14-20-3-2-10-29-20)23(28)16-6-8-19(24)9-7-16/h4-9,11-12,20H,2-3,10,13-14H2,1H3,(H,25,27). The van der Waals surface area contributed by atoms with Crippen LogP contribution in [0.4, 0.5) is 4.39 Å². The van der Waals surface area contributed by atoms with Gasteiger partial charge in [0.1, 0.15) is 5.82 Å². The van der Waals surface area contributed by atoms with Crippen molar-refractivity contribution in [1.82, 2.24) is 9.88 Å². The number of rotatable bonds is 5. The number of ether oxygens (including phenoxy) is 1. The predicted molar refractivity (Wildman–Crippen MR) is 109 cm³/mol. The maximum Gasteiger partial charge on any atom is 0.254 e. The highest BCUT2D eigenvalue weighted by Crippen LogP contribution is 2.19. The number of pyridine rings is 1. The van der Waals surface area contributed by atoms with Crippen molar-refractivity contribution in [3.05, 3.63) is 81.4 Å². The van der Waals surface area contributed by atoms with Crippen LogP contribution in [0.5, 0.6) is 0 Å². The lowest BCUT2D eigenvalue weighted by atomic mass is 10.1. The summed E-state index contributed by atoms with van der Waals surface area (Å²) in [5.41, 5.74) is 2.51. The molecule has 1 aliphatic heterocycles. The van der Waals surface area contributed by atoms with Crippen molar-refractivity contribution in [1.29, 1.82) is 0 Å². The van der Waals surface area contributed by atoms with Crippen molar-refractivity contribution in [3.8, 4) is 0 Å². The zero-order valence-electron chi connectivity index (χ0n) is 16.3. The summed E-state index contributed by atoms with van der Waals surface area (Å²) >= 11 is 0. The fourth-order valence-corrected chi connectivity index (χ4v) is 3.71. The average molecular weight is 394 g/mol. The summed E-state index contributed by atoms with van der Waals surface area (Å²) in [4.78, 5) is 30.3. The normalized spacial score (nSPS) is 16.3. The molecule has 1 N–H and O–H groups in total. The highest BCUT2D eigenvalue weighted by Gasteiger charge is 2.24. The molecule has 1 atom stereocenters. The van der Waals surface area contributed by atoms with E-state index in [1.807, 2.05) is 31.2 Å². The Morgan fingerprint density at radius 1 is 1.21 bits per heavy atom. The minimum absolute atomic E-state index is 0.0541. The Balaban J connectivity index is 1.65. The van der Waals surface area contributed by atoms with E-state index >= 15 is 0 Å². The van der Waals surface area contributed by atoms with Gasteiger partial charge in [0, 0.05) is 29.8 Å². The summed E-state index contributed by atoms with van der Waals surface area (Å²) in [6.45, 7) is 3.20. The van der Waals surface area contributed by atoms with Crippen LogP contribution < -0.4 is 5.56 Å². The number of carbonyl (C=O) groups is 1. The molecular weight excluding hydrogens is 371 g/mol. The fraction of sp³-hybridized carbons (Fsp3) is 0.304. The van der Waals surface area contributed by atoms with Crippen LogP contribution in [0.3, 0.4) is 0 Å². The van der Waals surface area contributed by atoms with Gasteiger partial charge in [-0.1, -0.05) is 12.1 Å². The van der Waals surface area contributed by atoms with Crippen LogP contribution in [0.1, 0.15) is 34.3 Å². The largest absolute Gasteiger partial charge is 0.376 e. The minimum atomic E-state index is -0.395. The fourth-order valence-electron chi connectivity index (χ4n) is 3.71. The van der Waals surface area contributed by atoms with E-state index in [0.717, 1.165) is 29.3 Å². The number of benzene rings is 2. The molecule has 0 bridgehead atoms. The quantitative estimate of drug-likeness (QED) is 0.716. The highest BCUT2D eigenvalue weighted by molar-refractivity contribution is 5.94. The second-order valence-corrected chi connectivity index (χ2v) is 7.54. The van der Waals surface area contributed by atoms with E-state index in [9.17, 15) is 14.0 Å². The number of nitrogens with zero attached hydrogens (tertiary/aromatic N) is 1. The monoisotopic (exact) mass is 394 g/mol. The lowest BCUT2D eigenvalue weighted by Crippen LogP contribution is -2.38.